The minimum atomic E-state index is -0.419. The molecule has 2 rings (SSSR count). The second-order valence-corrected chi connectivity index (χ2v) is 6.82. The Morgan fingerprint density at radius 3 is 2.53 bits per heavy atom. The van der Waals surface area contributed by atoms with Crippen LogP contribution in [0.25, 0.3) is 0 Å². The van der Waals surface area contributed by atoms with Gasteiger partial charge in [-0.25, -0.2) is 4.79 Å². The van der Waals surface area contributed by atoms with Crippen molar-refractivity contribution >= 4 is 18.5 Å². The maximum Gasteiger partial charge on any atom is 0.410 e. The van der Waals surface area contributed by atoms with E-state index in [1.165, 1.54) is 0 Å². The average molecular weight is 291 g/mol. The lowest BCUT2D eigenvalue weighted by Crippen LogP contribution is -2.53. The molecular formula is C14H27ClN2O2. The van der Waals surface area contributed by atoms with Crippen molar-refractivity contribution in [2.75, 3.05) is 6.54 Å². The van der Waals surface area contributed by atoms with Gasteiger partial charge in [0.25, 0.3) is 0 Å². The molecule has 2 fully saturated rings. The van der Waals surface area contributed by atoms with Gasteiger partial charge in [-0.2, -0.15) is 0 Å². The Kier molecular flexibility index (Phi) is 5.13. The topological polar surface area (TPSA) is 55.6 Å². The molecule has 0 aromatic carbocycles. The normalized spacial score (nSPS) is 31.2. The van der Waals surface area contributed by atoms with E-state index >= 15 is 0 Å². The van der Waals surface area contributed by atoms with Gasteiger partial charge in [0, 0.05) is 18.1 Å². The van der Waals surface area contributed by atoms with Crippen molar-refractivity contribution in [3.8, 4) is 0 Å². The molecule has 2 N–H and O–H groups in total. The minimum Gasteiger partial charge on any atom is -0.444 e. The Bertz CT molecular complexity index is 330. The molecule has 2 aliphatic rings. The Morgan fingerprint density at radius 1 is 1.32 bits per heavy atom. The van der Waals surface area contributed by atoms with Gasteiger partial charge in [-0.3, -0.25) is 0 Å². The highest BCUT2D eigenvalue weighted by atomic mass is 35.5. The molecule has 2 unspecified atom stereocenters. The van der Waals surface area contributed by atoms with Crippen LogP contribution in [-0.2, 0) is 4.74 Å². The first-order chi connectivity index (χ1) is 8.32. The van der Waals surface area contributed by atoms with E-state index in [1.807, 2.05) is 25.7 Å². The number of rotatable bonds is 0. The van der Waals surface area contributed by atoms with E-state index < -0.39 is 5.60 Å². The molecule has 1 saturated heterocycles. The molecule has 1 aliphatic carbocycles. The van der Waals surface area contributed by atoms with E-state index in [2.05, 4.69) is 0 Å². The molecule has 5 heteroatoms. The summed E-state index contributed by atoms with van der Waals surface area (Å²) >= 11 is 0. The molecule has 1 spiro atoms. The van der Waals surface area contributed by atoms with Gasteiger partial charge in [-0.05, 0) is 59.3 Å². The second-order valence-electron chi connectivity index (χ2n) is 6.82. The fourth-order valence-electron chi connectivity index (χ4n) is 3.40. The highest BCUT2D eigenvalue weighted by Crippen LogP contribution is 2.41. The van der Waals surface area contributed by atoms with Crippen LogP contribution in [0.15, 0.2) is 0 Å². The maximum absolute atomic E-state index is 12.3. The number of carbonyl (C=O) groups excluding carboxylic acids is 1. The number of nitrogens with two attached hydrogens (primary N) is 1. The summed E-state index contributed by atoms with van der Waals surface area (Å²) in [6, 6.07) is 0.238. The SMILES string of the molecule is CC(C)(C)OC(=O)N1CCCC12CCCC(N)C2.Cl. The van der Waals surface area contributed by atoms with Gasteiger partial charge in [0.05, 0.1) is 0 Å². The van der Waals surface area contributed by atoms with Crippen molar-refractivity contribution in [3.63, 3.8) is 0 Å². The first kappa shape index (κ1) is 16.6. The van der Waals surface area contributed by atoms with E-state index in [0.717, 1.165) is 45.1 Å². The van der Waals surface area contributed by atoms with E-state index in [9.17, 15) is 4.79 Å². The van der Waals surface area contributed by atoms with Crippen LogP contribution in [0, 0.1) is 0 Å². The van der Waals surface area contributed by atoms with Gasteiger partial charge in [0.15, 0.2) is 0 Å². The highest BCUT2D eigenvalue weighted by Gasteiger charge is 2.47. The summed E-state index contributed by atoms with van der Waals surface area (Å²) in [4.78, 5) is 14.3. The molecule has 0 aromatic heterocycles. The Morgan fingerprint density at radius 2 is 1.95 bits per heavy atom. The molecule has 19 heavy (non-hydrogen) atoms. The maximum atomic E-state index is 12.3. The van der Waals surface area contributed by atoms with Crippen LogP contribution in [0.2, 0.25) is 0 Å². The molecule has 1 aliphatic heterocycles. The summed E-state index contributed by atoms with van der Waals surface area (Å²) in [5, 5.41) is 0. The first-order valence-corrected chi connectivity index (χ1v) is 7.09. The Labute approximate surface area is 122 Å². The Balaban J connectivity index is 0.00000180. The predicted octanol–water partition coefficient (Wildman–Crippen LogP) is 3.08. The predicted molar refractivity (Wildman–Crippen MR) is 78.6 cm³/mol. The first-order valence-electron chi connectivity index (χ1n) is 7.09. The molecule has 112 valence electrons. The van der Waals surface area contributed by atoms with Crippen LogP contribution in [0.4, 0.5) is 4.79 Å². The monoisotopic (exact) mass is 290 g/mol. The third kappa shape index (κ3) is 3.76. The number of hydrogen-bond donors (Lipinski definition) is 1. The zero-order chi connectivity index (χ0) is 13.4. The summed E-state index contributed by atoms with van der Waals surface area (Å²) in [6.07, 6.45) is 6.23. The lowest BCUT2D eigenvalue weighted by Gasteiger charge is -2.43. The van der Waals surface area contributed by atoms with Crippen LogP contribution in [-0.4, -0.2) is 34.7 Å². The number of ether oxygens (including phenoxy) is 1. The third-order valence-corrected chi connectivity index (χ3v) is 4.07. The standard InChI is InChI=1S/C14H26N2O2.ClH/c1-13(2,3)18-12(17)16-9-5-8-14(16)7-4-6-11(15)10-14;/h11H,4-10,15H2,1-3H3;1H. The van der Waals surface area contributed by atoms with Crippen molar-refractivity contribution in [1.29, 1.82) is 0 Å². The lowest BCUT2D eigenvalue weighted by atomic mass is 9.77. The molecule has 0 aromatic rings. The van der Waals surface area contributed by atoms with E-state index in [-0.39, 0.29) is 30.1 Å². The van der Waals surface area contributed by atoms with Gasteiger partial charge in [0.2, 0.25) is 0 Å². The van der Waals surface area contributed by atoms with Gasteiger partial charge >= 0.3 is 6.09 Å². The fraction of sp³-hybridized carbons (Fsp3) is 0.929. The van der Waals surface area contributed by atoms with Crippen molar-refractivity contribution in [3.05, 3.63) is 0 Å². The molecule has 1 heterocycles. The van der Waals surface area contributed by atoms with Crippen LogP contribution in [0.5, 0.6) is 0 Å². The van der Waals surface area contributed by atoms with Crippen LogP contribution < -0.4 is 5.73 Å². The number of nitrogens with zero attached hydrogens (tertiary/aromatic N) is 1. The van der Waals surface area contributed by atoms with Crippen LogP contribution >= 0.6 is 12.4 Å². The van der Waals surface area contributed by atoms with Crippen molar-refractivity contribution in [2.45, 2.75) is 76.5 Å². The van der Waals surface area contributed by atoms with Crippen LogP contribution in [0.1, 0.15) is 59.3 Å². The quantitative estimate of drug-likeness (QED) is 0.746. The van der Waals surface area contributed by atoms with E-state index in [0.29, 0.717) is 0 Å². The third-order valence-electron chi connectivity index (χ3n) is 4.07. The molecule has 2 atom stereocenters. The van der Waals surface area contributed by atoms with Gasteiger partial charge in [-0.1, -0.05) is 0 Å². The number of carbonyl (C=O) groups is 1. The fourth-order valence-corrected chi connectivity index (χ4v) is 3.40. The van der Waals surface area contributed by atoms with E-state index in [1.54, 1.807) is 0 Å². The molecule has 1 amide bonds. The number of amides is 1. The van der Waals surface area contributed by atoms with Gasteiger partial charge < -0.3 is 15.4 Å². The van der Waals surface area contributed by atoms with Crippen molar-refractivity contribution in [1.82, 2.24) is 4.90 Å². The van der Waals surface area contributed by atoms with Gasteiger partial charge in [0.1, 0.15) is 5.60 Å². The highest BCUT2D eigenvalue weighted by molar-refractivity contribution is 5.85. The summed E-state index contributed by atoms with van der Waals surface area (Å²) in [5.41, 5.74) is 5.67. The van der Waals surface area contributed by atoms with Crippen molar-refractivity contribution in [2.24, 2.45) is 5.73 Å². The summed E-state index contributed by atoms with van der Waals surface area (Å²) in [7, 11) is 0. The molecule has 1 saturated carbocycles. The Hall–Kier alpha value is -0.480. The number of hydrogen-bond acceptors (Lipinski definition) is 3. The second kappa shape index (κ2) is 5.88. The number of halogens is 1. The van der Waals surface area contributed by atoms with Crippen molar-refractivity contribution < 1.29 is 9.53 Å². The lowest BCUT2D eigenvalue weighted by molar-refractivity contribution is -0.000953. The zero-order valence-corrected chi connectivity index (χ0v) is 13.1. The van der Waals surface area contributed by atoms with E-state index in [4.69, 9.17) is 10.5 Å². The van der Waals surface area contributed by atoms with Crippen LogP contribution in [0.3, 0.4) is 0 Å². The molecule has 0 radical (unpaired) electrons. The molecule has 0 bridgehead atoms. The minimum absolute atomic E-state index is 0. The molecular weight excluding hydrogens is 264 g/mol. The largest absolute Gasteiger partial charge is 0.444 e. The van der Waals surface area contributed by atoms with Gasteiger partial charge in [-0.15, -0.1) is 12.4 Å². The number of likely N-dealkylation sites (tertiary alicyclic amines) is 1. The zero-order valence-electron chi connectivity index (χ0n) is 12.3. The smallest absolute Gasteiger partial charge is 0.410 e. The summed E-state index contributed by atoms with van der Waals surface area (Å²) in [5.74, 6) is 0. The average Bonchev–Trinajstić information content (AvgIpc) is 2.58. The molecule has 4 nitrogen and oxygen atoms in total. The summed E-state index contributed by atoms with van der Waals surface area (Å²) < 4.78 is 5.53. The summed E-state index contributed by atoms with van der Waals surface area (Å²) in [6.45, 7) is 6.57.